The number of methoxy groups -OCH3 is 1. The van der Waals surface area contributed by atoms with Crippen molar-refractivity contribution in [3.8, 4) is 73.9 Å². The van der Waals surface area contributed by atoms with Gasteiger partial charge in [0, 0.05) is 71.5 Å². The van der Waals surface area contributed by atoms with Crippen molar-refractivity contribution < 1.29 is 36.0 Å². The quantitative estimate of drug-likeness (QED) is 0.0190. The Labute approximate surface area is 524 Å². The van der Waals surface area contributed by atoms with Crippen LogP contribution in [0.5, 0.6) is 5.95 Å². The largest absolute Gasteiger partial charge is 0.468 e. The average Bonchev–Trinajstić information content (AvgIpc) is 1.91. The zero-order chi connectivity index (χ0) is 64.9. The van der Waals surface area contributed by atoms with E-state index in [-0.39, 0.29) is 30.5 Å². The SMILES string of the molecule is C1=NC(N/N=C/c2ccc(-c3ccc(-c4ccc(/C=N/NC5N=CCN5)o4)cc3)o2)NC1.COc1ccc(-c2ccc(-c3ccc(C=O)o3)cc2)o1.NC(N)=N/N=C/c1ccc(-c2ccc(-c3ccc(/C=N/N=C(N)N)o3)cc2)o1.NN=C(N)N.NNC1=NCCN1. The first-order valence-corrected chi connectivity index (χ1v) is 27.6. The Balaban J connectivity index is 0.000000165. The van der Waals surface area contributed by atoms with Crippen LogP contribution in [-0.4, -0.2) is 113 Å². The first-order valence-electron chi connectivity index (χ1n) is 27.6. The number of aliphatic imine (C=N–C) groups is 3. The van der Waals surface area contributed by atoms with Crippen LogP contribution in [0.2, 0.25) is 0 Å². The first kappa shape index (κ1) is 65.2. The van der Waals surface area contributed by atoms with Crippen molar-refractivity contribution in [2.45, 2.75) is 12.6 Å². The Bertz CT molecular complexity index is 3900. The summed E-state index contributed by atoms with van der Waals surface area (Å²) in [6.45, 7) is 3.22. The Hall–Kier alpha value is -12.8. The Morgan fingerprint density at radius 3 is 1.12 bits per heavy atom. The monoisotopic (exact) mass is 1250 g/mol. The number of hydrogen-bond acceptors (Lipinski definition) is 26. The fourth-order valence-corrected chi connectivity index (χ4v) is 7.91. The van der Waals surface area contributed by atoms with Crippen molar-refractivity contribution in [2.24, 2.45) is 96.8 Å². The van der Waals surface area contributed by atoms with Crippen LogP contribution in [0.15, 0.2) is 223 Å². The van der Waals surface area contributed by atoms with Gasteiger partial charge in [0.1, 0.15) is 57.6 Å². The maximum atomic E-state index is 10.6. The number of aldehydes is 1. The van der Waals surface area contributed by atoms with Gasteiger partial charge in [-0.3, -0.25) is 46.7 Å². The van der Waals surface area contributed by atoms with Gasteiger partial charge in [-0.05, 0) is 66.7 Å². The lowest BCUT2D eigenvalue weighted by atomic mass is 10.1. The number of nitrogens with one attached hydrogen (secondary N) is 6. The second-order valence-corrected chi connectivity index (χ2v) is 18.6. The molecule has 9 aromatic rings. The minimum absolute atomic E-state index is 0.0926. The summed E-state index contributed by atoms with van der Waals surface area (Å²) in [5.74, 6) is 17.3. The van der Waals surface area contributed by atoms with E-state index >= 15 is 0 Å². The molecule has 3 aromatic carbocycles. The first-order chi connectivity index (χ1) is 44.8. The van der Waals surface area contributed by atoms with E-state index in [1.54, 1.807) is 62.3 Å². The number of ether oxygens (including phenoxy) is 1. The highest BCUT2D eigenvalue weighted by Crippen LogP contribution is 2.31. The molecule has 2 atom stereocenters. The van der Waals surface area contributed by atoms with E-state index in [1.807, 2.05) is 115 Å². The van der Waals surface area contributed by atoms with Gasteiger partial charge in [0.15, 0.2) is 24.6 Å². The summed E-state index contributed by atoms with van der Waals surface area (Å²) in [6.07, 6.45) is 10.0. The van der Waals surface area contributed by atoms with Gasteiger partial charge < -0.3 is 76.8 Å². The minimum Gasteiger partial charge on any atom is -0.468 e. The predicted octanol–water partition coefficient (Wildman–Crippen LogP) is 3.96. The van der Waals surface area contributed by atoms with E-state index in [0.717, 1.165) is 76.8 Å². The number of nitrogens with zero attached hydrogens (tertiary/aromatic N) is 10. The lowest BCUT2D eigenvalue weighted by Crippen LogP contribution is -2.38. The van der Waals surface area contributed by atoms with E-state index in [2.05, 4.69) is 88.8 Å². The molecule has 3 aliphatic rings. The van der Waals surface area contributed by atoms with Crippen LogP contribution in [0.4, 0.5) is 0 Å². The van der Waals surface area contributed by atoms with Crippen LogP contribution in [0, 0.1) is 0 Å². The standard InChI is InChI=1S/C22H22N8O2.C18H18N8O2.C16H12O4.C3H8N4.CH6N4/c1-2-16(20-8-6-18(32-20)14-28-30-22-25-11-12-26-22)4-3-15(1)19-7-5-17(31-19)13-27-29-21-23-9-10-24-21;19-17(20)25-23-9-13-5-7-15(27-13)11-1-2-12(4-3-11)16-8-6-14(28-16)10-24-26-18(21)22;1-18-16-9-8-15(20-16)12-4-2-11(3-5-12)14-7-6-13(10-17)19-14;4-7-3-5-1-2-6-3;2-1(3)5-4/h1-9,11,13-14,21-22,24,26,29-30H,10,12H2;1-10H,(H4,19,20,25)(H4,21,22,26);2-10H,1H3;1-2,4H2,(H2,5,6,7);4H2,(H4,2,3,5)/b27-13+,28-14+;23-9+,24-10+;;;. The molecule has 0 saturated heterocycles. The molecule has 92 heavy (non-hydrogen) atoms. The number of hydrogen-bond donors (Lipinski definition) is 14. The topological polar surface area (TPSA) is 509 Å². The molecule has 2 unspecified atom stereocenters. The summed E-state index contributed by atoms with van der Waals surface area (Å²) in [5.41, 5.74) is 44.0. The maximum absolute atomic E-state index is 10.6. The molecule has 6 aromatic heterocycles. The minimum atomic E-state index is -0.184. The van der Waals surface area contributed by atoms with Crippen molar-refractivity contribution in [3.05, 3.63) is 174 Å². The molecular weight excluding hydrogens is 1180 g/mol. The van der Waals surface area contributed by atoms with Crippen LogP contribution in [0.25, 0.3) is 67.9 Å². The molecular formula is C60H66N24O8. The van der Waals surface area contributed by atoms with Gasteiger partial charge in [0.2, 0.25) is 23.8 Å². The smallest absolute Gasteiger partial charge is 0.284 e. The Kier molecular flexibility index (Phi) is 24.0. The summed E-state index contributed by atoms with van der Waals surface area (Å²) >= 11 is 0. The molecule has 0 fully saturated rings. The molecule has 0 bridgehead atoms. The van der Waals surface area contributed by atoms with Gasteiger partial charge in [0.25, 0.3) is 5.95 Å². The number of guanidine groups is 4. The molecule has 12 rings (SSSR count). The zero-order valence-electron chi connectivity index (χ0n) is 49.2. The molecule has 9 heterocycles. The molecule has 474 valence electrons. The van der Waals surface area contributed by atoms with Gasteiger partial charge in [-0.15, -0.1) is 15.3 Å². The summed E-state index contributed by atoms with van der Waals surface area (Å²) in [5, 5.41) is 34.8. The molecule has 0 amide bonds. The number of benzene rings is 3. The number of carbonyl (C=O) groups excluding carboxylic acids is 1. The zero-order valence-corrected chi connectivity index (χ0v) is 49.2. The van der Waals surface area contributed by atoms with Gasteiger partial charge in [-0.1, -0.05) is 72.8 Å². The number of hydrazine groups is 1. The second-order valence-electron chi connectivity index (χ2n) is 18.6. The fourth-order valence-electron chi connectivity index (χ4n) is 7.91. The lowest BCUT2D eigenvalue weighted by molar-refractivity contribution is 0.110. The molecule has 0 aliphatic carbocycles. The van der Waals surface area contributed by atoms with Crippen LogP contribution < -0.4 is 83.1 Å². The van der Waals surface area contributed by atoms with Crippen molar-refractivity contribution in [3.63, 3.8) is 0 Å². The number of furan rings is 6. The predicted molar refractivity (Wildman–Crippen MR) is 354 cm³/mol. The summed E-state index contributed by atoms with van der Waals surface area (Å²) < 4.78 is 39.0. The van der Waals surface area contributed by atoms with Crippen molar-refractivity contribution >= 4 is 67.4 Å². The summed E-state index contributed by atoms with van der Waals surface area (Å²) in [6, 6.07) is 45.1. The number of rotatable bonds is 18. The fraction of sp³-hybridized carbons (Fsp3) is 0.117. The maximum Gasteiger partial charge on any atom is 0.284 e. The van der Waals surface area contributed by atoms with Crippen LogP contribution in [0.3, 0.4) is 0 Å². The Morgan fingerprint density at radius 1 is 0.500 bits per heavy atom. The summed E-state index contributed by atoms with van der Waals surface area (Å²) in [4.78, 5) is 22.9. The van der Waals surface area contributed by atoms with E-state index in [9.17, 15) is 4.79 Å². The number of carbonyl (C=O) groups is 1. The third-order valence-corrected chi connectivity index (χ3v) is 12.2. The van der Waals surface area contributed by atoms with Crippen LogP contribution >= 0.6 is 0 Å². The van der Waals surface area contributed by atoms with Crippen molar-refractivity contribution in [2.75, 3.05) is 33.3 Å². The van der Waals surface area contributed by atoms with Gasteiger partial charge >= 0.3 is 0 Å². The summed E-state index contributed by atoms with van der Waals surface area (Å²) in [7, 11) is 1.56. The second kappa shape index (κ2) is 33.9. The number of nitrogens with two attached hydrogens (primary N) is 8. The molecule has 3 aliphatic heterocycles. The molecule has 22 N–H and O–H groups in total. The highest BCUT2D eigenvalue weighted by atomic mass is 16.6. The molecule has 32 nitrogen and oxygen atoms in total. The third kappa shape index (κ3) is 20.4. The molecule has 0 spiro atoms. The van der Waals surface area contributed by atoms with E-state index in [0.29, 0.717) is 64.3 Å². The van der Waals surface area contributed by atoms with Crippen LogP contribution in [-0.2, 0) is 0 Å². The van der Waals surface area contributed by atoms with E-state index < -0.39 is 0 Å². The third-order valence-electron chi connectivity index (χ3n) is 12.2. The van der Waals surface area contributed by atoms with Gasteiger partial charge in [0.05, 0.1) is 38.5 Å². The molecule has 32 heteroatoms. The van der Waals surface area contributed by atoms with E-state index in [1.165, 1.54) is 12.4 Å². The van der Waals surface area contributed by atoms with Gasteiger partial charge in [-0.25, -0.2) is 5.84 Å². The molecule has 0 saturated carbocycles. The van der Waals surface area contributed by atoms with Gasteiger partial charge in [-0.2, -0.15) is 20.4 Å². The average molecular weight is 1250 g/mol. The molecule has 0 radical (unpaired) electrons. The normalized spacial score (nSPS) is 14.4. The highest BCUT2D eigenvalue weighted by molar-refractivity contribution is 5.83. The van der Waals surface area contributed by atoms with E-state index in [4.69, 9.17) is 71.5 Å². The highest BCUT2D eigenvalue weighted by Gasteiger charge is 2.13. The number of hydrazone groups is 3. The Morgan fingerprint density at radius 2 is 0.848 bits per heavy atom. The van der Waals surface area contributed by atoms with Crippen LogP contribution in [0.1, 0.15) is 33.6 Å². The van der Waals surface area contributed by atoms with Crippen molar-refractivity contribution in [1.29, 1.82) is 0 Å². The lowest BCUT2D eigenvalue weighted by Gasteiger charge is -2.05. The van der Waals surface area contributed by atoms with Crippen molar-refractivity contribution in [1.82, 2.24) is 32.2 Å².